The summed E-state index contributed by atoms with van der Waals surface area (Å²) >= 11 is 0. The highest BCUT2D eigenvalue weighted by Gasteiger charge is 2.35. The summed E-state index contributed by atoms with van der Waals surface area (Å²) in [6.45, 7) is 5.51. The quantitative estimate of drug-likeness (QED) is 0.118. The second-order valence-corrected chi connectivity index (χ2v) is 13.4. The van der Waals surface area contributed by atoms with E-state index in [-0.39, 0.29) is 38.0 Å². The number of fused-ring (bicyclic) bond motifs is 6. The maximum Gasteiger partial charge on any atom is 0.407 e. The van der Waals surface area contributed by atoms with E-state index in [9.17, 15) is 19.2 Å². The van der Waals surface area contributed by atoms with Gasteiger partial charge in [-0.25, -0.2) is 14.8 Å². The number of alkyl carbamates (subject to hydrolysis) is 1. The van der Waals surface area contributed by atoms with Crippen LogP contribution < -0.4 is 10.6 Å². The zero-order valence-electron chi connectivity index (χ0n) is 30.4. The molecule has 15 nitrogen and oxygen atoms in total. The lowest BCUT2D eigenvalue weighted by molar-refractivity contribution is -0.167. The summed E-state index contributed by atoms with van der Waals surface area (Å²) in [5, 5.41) is 8.98. The fourth-order valence-electron chi connectivity index (χ4n) is 6.95. The number of rotatable bonds is 14. The molecule has 15 heteroatoms. The Hall–Kier alpha value is -6.06. The first-order valence-electron chi connectivity index (χ1n) is 17.8. The van der Waals surface area contributed by atoms with Crippen molar-refractivity contribution in [1.29, 1.82) is 0 Å². The van der Waals surface area contributed by atoms with Crippen molar-refractivity contribution in [3.05, 3.63) is 72.3 Å². The molecule has 0 atom stereocenters. The number of nitrogens with zero attached hydrogens (tertiary/aromatic N) is 4. The maximum absolute atomic E-state index is 13.2. The van der Waals surface area contributed by atoms with Crippen molar-refractivity contribution in [1.82, 2.24) is 40.4 Å². The molecule has 6 aromatic rings. The van der Waals surface area contributed by atoms with Crippen LogP contribution in [0.15, 0.2) is 60.7 Å². The molecule has 0 saturated carbocycles. The lowest BCUT2D eigenvalue weighted by Crippen LogP contribution is -2.47. The van der Waals surface area contributed by atoms with E-state index in [1.807, 2.05) is 25.1 Å². The number of aromatic nitrogens is 4. The maximum atomic E-state index is 13.2. The number of amides is 4. The summed E-state index contributed by atoms with van der Waals surface area (Å²) in [6, 6.07) is 20.7. The summed E-state index contributed by atoms with van der Waals surface area (Å²) in [5.41, 5.74) is 5.43. The Kier molecular flexibility index (Phi) is 10.4. The van der Waals surface area contributed by atoms with Crippen molar-refractivity contribution >= 4 is 67.9 Å². The van der Waals surface area contributed by atoms with E-state index in [1.54, 1.807) is 16.7 Å². The van der Waals surface area contributed by atoms with Gasteiger partial charge in [-0.1, -0.05) is 43.3 Å². The van der Waals surface area contributed by atoms with Crippen LogP contribution in [0.5, 0.6) is 0 Å². The summed E-state index contributed by atoms with van der Waals surface area (Å²) < 4.78 is 16.2. The molecule has 4 amide bonds. The van der Waals surface area contributed by atoms with E-state index in [4.69, 9.17) is 19.4 Å². The minimum absolute atomic E-state index is 0.0518. The first kappa shape index (κ1) is 36.3. The molecular weight excluding hydrogens is 692 g/mol. The van der Waals surface area contributed by atoms with Gasteiger partial charge in [0.25, 0.3) is 0 Å². The van der Waals surface area contributed by atoms with Crippen LogP contribution in [-0.2, 0) is 41.7 Å². The number of methoxy groups -OCH3 is 1. The van der Waals surface area contributed by atoms with Crippen LogP contribution in [0, 0.1) is 0 Å². The molecule has 1 aliphatic heterocycles. The third-order valence-corrected chi connectivity index (χ3v) is 9.54. The third-order valence-electron chi connectivity index (χ3n) is 9.54. The Labute approximate surface area is 310 Å². The normalized spacial score (nSPS) is 13.8. The predicted molar refractivity (Wildman–Crippen MR) is 202 cm³/mol. The predicted octanol–water partition coefficient (Wildman–Crippen LogP) is 4.34. The van der Waals surface area contributed by atoms with Crippen molar-refractivity contribution in [2.75, 3.05) is 46.5 Å². The summed E-state index contributed by atoms with van der Waals surface area (Å²) in [6.07, 6.45) is 0.614. The molecule has 1 aliphatic rings. The monoisotopic (exact) mass is 734 g/mol. The molecule has 2 aromatic heterocycles. The van der Waals surface area contributed by atoms with Gasteiger partial charge in [0, 0.05) is 17.3 Å². The fraction of sp³-hybridized carbons (Fsp3) is 0.333. The van der Waals surface area contributed by atoms with E-state index in [2.05, 4.69) is 67.8 Å². The molecule has 280 valence electrons. The molecule has 54 heavy (non-hydrogen) atoms. The molecule has 0 spiro atoms. The largest absolute Gasteiger partial charge is 0.453 e. The number of imidazole rings is 2. The van der Waals surface area contributed by atoms with E-state index in [0.717, 1.165) is 61.2 Å². The number of hydrogen-bond acceptors (Lipinski definition) is 9. The Morgan fingerprint density at radius 2 is 1.39 bits per heavy atom. The molecule has 0 radical (unpaired) electrons. The van der Waals surface area contributed by atoms with Crippen LogP contribution in [0.3, 0.4) is 0 Å². The number of nitrogens with one attached hydrogen (secondary N) is 4. The van der Waals surface area contributed by atoms with Gasteiger partial charge in [-0.05, 0) is 59.5 Å². The number of ether oxygens (including phenoxy) is 3. The van der Waals surface area contributed by atoms with Crippen molar-refractivity contribution in [3.63, 3.8) is 0 Å². The second-order valence-electron chi connectivity index (χ2n) is 13.4. The summed E-state index contributed by atoms with van der Waals surface area (Å²) in [5.74, 6) is -0.214. The average Bonchev–Trinajstić information content (AvgIpc) is 3.93. The lowest BCUT2D eigenvalue weighted by atomic mass is 9.98. The van der Waals surface area contributed by atoms with Gasteiger partial charge in [0.1, 0.15) is 18.2 Å². The molecule has 0 unspecified atom stereocenters. The number of benzene rings is 4. The molecule has 0 bridgehead atoms. The van der Waals surface area contributed by atoms with Crippen molar-refractivity contribution < 1.29 is 33.4 Å². The molecule has 1 fully saturated rings. The van der Waals surface area contributed by atoms with Crippen molar-refractivity contribution in [3.8, 4) is 11.1 Å². The topological polar surface area (TPSA) is 184 Å². The number of carbonyl (C=O) groups is 4. The molecular formula is C39H42N8O7. The number of carbonyl (C=O) groups excluding carboxylic acids is 4. The van der Waals surface area contributed by atoms with E-state index in [0.29, 0.717) is 44.4 Å². The van der Waals surface area contributed by atoms with Gasteiger partial charge in [0.05, 0.1) is 68.6 Å². The van der Waals surface area contributed by atoms with Gasteiger partial charge in [-0.2, -0.15) is 0 Å². The molecule has 4 aromatic carbocycles. The zero-order chi connectivity index (χ0) is 37.8. The van der Waals surface area contributed by atoms with Gasteiger partial charge < -0.3 is 44.6 Å². The van der Waals surface area contributed by atoms with Gasteiger partial charge in [-0.3, -0.25) is 14.4 Å². The van der Waals surface area contributed by atoms with Gasteiger partial charge >= 0.3 is 6.09 Å². The Morgan fingerprint density at radius 1 is 0.833 bits per heavy atom. The Morgan fingerprint density at radius 3 is 1.93 bits per heavy atom. The Balaban J connectivity index is 1.13. The molecule has 1 saturated heterocycles. The first-order chi connectivity index (χ1) is 26.2. The standard InChI is InChI=1S/C39H42N8O7/c1-4-13-46(34(49)18-40-23-48)20-32-42-30-11-7-26-16-24(5-9-28(26)36(30)44-32)25-6-10-29-27(17-25)8-12-31-37(29)45-33(43-31)21-47(22-39(2)53-14-15-54-39)35(50)19-41-38(51)52-3/h5-12,16-17,23H,4,13-15,18-22H2,1-3H3,(H,40,48)(H,41,51)(H,42,44)(H,43,45). The number of hydrogen-bond donors (Lipinski definition) is 4. The van der Waals surface area contributed by atoms with Crippen LogP contribution in [0.1, 0.15) is 31.9 Å². The molecule has 3 heterocycles. The van der Waals surface area contributed by atoms with Gasteiger partial charge in [0.2, 0.25) is 18.2 Å². The summed E-state index contributed by atoms with van der Waals surface area (Å²) in [7, 11) is 1.24. The van der Waals surface area contributed by atoms with Crippen LogP contribution >= 0.6 is 0 Å². The Bertz CT molecular complexity index is 2360. The van der Waals surface area contributed by atoms with Gasteiger partial charge in [-0.15, -0.1) is 0 Å². The highest BCUT2D eigenvalue weighted by molar-refractivity contribution is 6.07. The van der Waals surface area contributed by atoms with Crippen LogP contribution in [0.2, 0.25) is 0 Å². The highest BCUT2D eigenvalue weighted by Crippen LogP contribution is 2.33. The second kappa shape index (κ2) is 15.5. The van der Waals surface area contributed by atoms with Crippen molar-refractivity contribution in [2.45, 2.75) is 39.1 Å². The SMILES string of the molecule is CCCN(Cc1nc2ccc3cc(-c4ccc5c(ccc6nc(CN(CC7(C)OCCO7)C(=O)CNC(=O)OC)[nH]c65)c4)ccc3c2[nH]1)C(=O)CNC=O. The minimum atomic E-state index is -0.972. The minimum Gasteiger partial charge on any atom is -0.453 e. The molecule has 0 aliphatic carbocycles. The fourth-order valence-corrected chi connectivity index (χ4v) is 6.95. The number of aromatic amines is 2. The van der Waals surface area contributed by atoms with Gasteiger partial charge in [0.15, 0.2) is 5.79 Å². The third kappa shape index (κ3) is 7.68. The van der Waals surface area contributed by atoms with E-state index in [1.165, 1.54) is 7.11 Å². The highest BCUT2D eigenvalue weighted by atomic mass is 16.7. The molecule has 7 rings (SSSR count). The van der Waals surface area contributed by atoms with Crippen molar-refractivity contribution in [2.24, 2.45) is 0 Å². The van der Waals surface area contributed by atoms with E-state index >= 15 is 0 Å². The zero-order valence-corrected chi connectivity index (χ0v) is 30.4. The molecule has 4 N–H and O–H groups in total. The van der Waals surface area contributed by atoms with Crippen LogP contribution in [0.25, 0.3) is 54.7 Å². The smallest absolute Gasteiger partial charge is 0.407 e. The first-order valence-corrected chi connectivity index (χ1v) is 17.8. The van der Waals surface area contributed by atoms with E-state index < -0.39 is 11.9 Å². The van der Waals surface area contributed by atoms with Crippen LogP contribution in [-0.4, -0.2) is 106 Å². The summed E-state index contributed by atoms with van der Waals surface area (Å²) in [4.78, 5) is 67.9. The van der Waals surface area contributed by atoms with Crippen LogP contribution in [0.4, 0.5) is 4.79 Å². The average molecular weight is 735 g/mol. The number of H-pyrrole nitrogens is 2. The lowest BCUT2D eigenvalue weighted by Gasteiger charge is -2.30.